The van der Waals surface area contributed by atoms with E-state index in [1.807, 2.05) is 50.4 Å². The molecule has 2 aliphatic rings. The molecule has 1 spiro atoms. The summed E-state index contributed by atoms with van der Waals surface area (Å²) in [5, 5.41) is 15.4. The van der Waals surface area contributed by atoms with Gasteiger partial charge in [0, 0.05) is 29.9 Å². The molecule has 0 amide bonds. The van der Waals surface area contributed by atoms with Crippen molar-refractivity contribution in [1.29, 1.82) is 0 Å². The quantitative estimate of drug-likeness (QED) is 0.289. The van der Waals surface area contributed by atoms with Gasteiger partial charge in [-0.05, 0) is 68.4 Å². The van der Waals surface area contributed by atoms with Crippen LogP contribution in [0.2, 0.25) is 0 Å². The molecule has 1 aliphatic carbocycles. The summed E-state index contributed by atoms with van der Waals surface area (Å²) >= 11 is 0. The van der Waals surface area contributed by atoms with Gasteiger partial charge >= 0.3 is 0 Å². The van der Waals surface area contributed by atoms with Crippen LogP contribution in [0.3, 0.4) is 0 Å². The van der Waals surface area contributed by atoms with Gasteiger partial charge in [0.25, 0.3) is 6.02 Å². The van der Waals surface area contributed by atoms with Crippen molar-refractivity contribution in [2.45, 2.75) is 25.3 Å². The van der Waals surface area contributed by atoms with Gasteiger partial charge in [-0.25, -0.2) is 20.0 Å². The minimum atomic E-state index is 0.0104. The van der Waals surface area contributed by atoms with Gasteiger partial charge in [0.15, 0.2) is 5.82 Å². The van der Waals surface area contributed by atoms with Crippen molar-refractivity contribution in [2.24, 2.45) is 17.0 Å². The van der Waals surface area contributed by atoms with E-state index < -0.39 is 0 Å². The topological polar surface area (TPSA) is 124 Å². The van der Waals surface area contributed by atoms with E-state index >= 15 is 0 Å². The molecule has 3 heterocycles. The Morgan fingerprint density at radius 2 is 2.00 bits per heavy atom. The lowest BCUT2D eigenvalue weighted by Crippen LogP contribution is -2.11. The monoisotopic (exact) mass is 495 g/mol. The number of amidine groups is 1. The lowest BCUT2D eigenvalue weighted by Gasteiger charge is -2.13. The predicted octanol–water partition coefficient (Wildman–Crippen LogP) is 4.22. The van der Waals surface area contributed by atoms with E-state index in [1.165, 1.54) is 0 Å². The number of hydrogen-bond acceptors (Lipinski definition) is 10. The van der Waals surface area contributed by atoms with Crippen molar-refractivity contribution in [3.05, 3.63) is 66.3 Å². The highest BCUT2D eigenvalue weighted by Crippen LogP contribution is 2.43. The Hall–Kier alpha value is -4.80. The van der Waals surface area contributed by atoms with Gasteiger partial charge in [0.1, 0.15) is 36.4 Å². The highest BCUT2D eigenvalue weighted by Gasteiger charge is 2.48. The highest BCUT2D eigenvalue weighted by molar-refractivity contribution is 5.97. The fraction of sp³-hybridized carbons (Fsp3) is 0.231. The maximum atomic E-state index is 5.96. The van der Waals surface area contributed by atoms with E-state index in [9.17, 15) is 0 Å². The average molecular weight is 496 g/mol. The summed E-state index contributed by atoms with van der Waals surface area (Å²) in [6, 6.07) is 12.2. The molecule has 11 nitrogen and oxygen atoms in total. The second-order valence-electron chi connectivity index (χ2n) is 9.16. The number of rotatable bonds is 7. The van der Waals surface area contributed by atoms with E-state index in [-0.39, 0.29) is 5.54 Å². The third kappa shape index (κ3) is 4.70. The first-order valence-corrected chi connectivity index (χ1v) is 11.8. The number of nitrogens with one attached hydrogen (secondary N) is 2. The van der Waals surface area contributed by atoms with Crippen LogP contribution in [0.15, 0.2) is 64.9 Å². The molecular formula is C26H25N9O2. The van der Waals surface area contributed by atoms with Gasteiger partial charge in [-0.3, -0.25) is 0 Å². The second kappa shape index (κ2) is 9.01. The van der Waals surface area contributed by atoms with Gasteiger partial charge in [0.05, 0.1) is 5.52 Å². The lowest BCUT2D eigenvalue weighted by atomic mass is 10.1. The summed E-state index contributed by atoms with van der Waals surface area (Å²) < 4.78 is 13.5. The Kier molecular flexibility index (Phi) is 5.52. The van der Waals surface area contributed by atoms with Crippen molar-refractivity contribution >= 4 is 46.9 Å². The van der Waals surface area contributed by atoms with E-state index in [0.717, 1.165) is 40.7 Å². The molecule has 1 aliphatic heterocycles. The number of anilines is 3. The number of aryl methyl sites for hydroxylation is 2. The molecule has 11 heteroatoms. The van der Waals surface area contributed by atoms with E-state index in [0.29, 0.717) is 35.9 Å². The normalized spacial score (nSPS) is 15.8. The van der Waals surface area contributed by atoms with Crippen molar-refractivity contribution in [3.63, 3.8) is 0 Å². The summed E-state index contributed by atoms with van der Waals surface area (Å²) in [5.74, 6) is 2.27. The van der Waals surface area contributed by atoms with Gasteiger partial charge in [-0.2, -0.15) is 0 Å². The van der Waals surface area contributed by atoms with Gasteiger partial charge in [-0.1, -0.05) is 0 Å². The van der Waals surface area contributed by atoms with Crippen LogP contribution < -0.4 is 15.4 Å². The Labute approximate surface area is 213 Å². The van der Waals surface area contributed by atoms with E-state index in [1.54, 1.807) is 23.3 Å². The molecule has 2 aromatic heterocycles. The van der Waals surface area contributed by atoms with Crippen molar-refractivity contribution < 1.29 is 9.47 Å². The Bertz CT molecular complexity index is 1570. The highest BCUT2D eigenvalue weighted by atomic mass is 16.5. The first-order chi connectivity index (χ1) is 18.0. The molecule has 0 saturated heterocycles. The SMILES string of the molecule is C=N/C(=C\c1nncn1C)Oc1ccc(Nc2ncnc3ccc(NC4=NC5(CC5)CO4)cc23)cc1C. The average Bonchev–Trinajstić information content (AvgIpc) is 3.36. The van der Waals surface area contributed by atoms with Crippen LogP contribution in [0.5, 0.6) is 5.75 Å². The number of hydrogen-bond donors (Lipinski definition) is 2. The fourth-order valence-electron chi connectivity index (χ4n) is 4.04. The first-order valence-electron chi connectivity index (χ1n) is 11.8. The van der Waals surface area contributed by atoms with E-state index in [2.05, 4.69) is 47.5 Å². The molecule has 0 radical (unpaired) electrons. The summed E-state index contributed by atoms with van der Waals surface area (Å²) in [4.78, 5) is 17.5. The molecule has 0 unspecified atom stereocenters. The van der Waals surface area contributed by atoms with Crippen molar-refractivity contribution in [1.82, 2.24) is 24.7 Å². The Balaban J connectivity index is 1.22. The number of fused-ring (bicyclic) bond motifs is 1. The molecule has 0 atom stereocenters. The molecule has 6 rings (SSSR count). The number of ether oxygens (including phenoxy) is 2. The summed E-state index contributed by atoms with van der Waals surface area (Å²) in [6.45, 7) is 6.21. The van der Waals surface area contributed by atoms with Crippen molar-refractivity contribution in [3.8, 4) is 5.75 Å². The maximum absolute atomic E-state index is 5.96. The van der Waals surface area contributed by atoms with Crippen LogP contribution in [-0.4, -0.2) is 49.6 Å². The lowest BCUT2D eigenvalue weighted by molar-refractivity contribution is 0.309. The molecule has 1 saturated carbocycles. The fourth-order valence-corrected chi connectivity index (χ4v) is 4.04. The third-order valence-electron chi connectivity index (χ3n) is 6.34. The number of aromatic nitrogens is 5. The van der Waals surface area contributed by atoms with Crippen molar-refractivity contribution in [2.75, 3.05) is 17.2 Å². The number of benzene rings is 2. The first kappa shape index (κ1) is 22.7. The summed E-state index contributed by atoms with van der Waals surface area (Å²) in [7, 11) is 1.84. The van der Waals surface area contributed by atoms with E-state index in [4.69, 9.17) is 9.47 Å². The van der Waals surface area contributed by atoms with Crippen LogP contribution in [0.4, 0.5) is 17.2 Å². The zero-order chi connectivity index (χ0) is 25.4. The number of nitrogens with zero attached hydrogens (tertiary/aromatic N) is 7. The molecule has 2 aromatic carbocycles. The van der Waals surface area contributed by atoms with Crippen LogP contribution >= 0.6 is 0 Å². The molecule has 2 N–H and O–H groups in total. The number of aliphatic imine (C=N–C) groups is 2. The van der Waals surface area contributed by atoms with Crippen LogP contribution in [0.25, 0.3) is 17.0 Å². The van der Waals surface area contributed by atoms with Gasteiger partial charge in [-0.15, -0.1) is 10.2 Å². The minimum Gasteiger partial charge on any atom is -0.462 e. The molecule has 4 aromatic rings. The molecule has 186 valence electrons. The summed E-state index contributed by atoms with van der Waals surface area (Å²) in [5.41, 5.74) is 3.46. The van der Waals surface area contributed by atoms with Gasteiger partial charge < -0.3 is 24.7 Å². The molecule has 0 bridgehead atoms. The van der Waals surface area contributed by atoms with Crippen LogP contribution in [0.1, 0.15) is 24.2 Å². The molecule has 1 fully saturated rings. The molecular weight excluding hydrogens is 470 g/mol. The molecule has 37 heavy (non-hydrogen) atoms. The summed E-state index contributed by atoms with van der Waals surface area (Å²) in [6.07, 6.45) is 7.00. The Morgan fingerprint density at radius 3 is 2.73 bits per heavy atom. The predicted molar refractivity (Wildman–Crippen MR) is 142 cm³/mol. The zero-order valence-electron chi connectivity index (χ0n) is 20.5. The zero-order valence-corrected chi connectivity index (χ0v) is 20.5. The second-order valence-corrected chi connectivity index (χ2v) is 9.16. The van der Waals surface area contributed by atoms with Crippen LogP contribution in [0, 0.1) is 6.92 Å². The Morgan fingerprint density at radius 1 is 1.16 bits per heavy atom. The maximum Gasteiger partial charge on any atom is 0.289 e. The minimum absolute atomic E-state index is 0.0104. The smallest absolute Gasteiger partial charge is 0.289 e. The standard InChI is InChI=1S/C26H25N9O2/c1-16-10-17(5-7-21(16)37-23(27-2)12-22-34-30-15-35(22)3)31-24-19-11-18(4-6-20(19)28-14-29-24)32-25-33-26(8-9-26)13-36-25/h4-7,10-12,14-15H,2,8-9,13H2,1,3H3,(H,32,33)(H,28,29,31)/b23-12+. The third-order valence-corrected chi connectivity index (χ3v) is 6.34. The van der Waals surface area contributed by atoms with Gasteiger partial charge in [0.2, 0.25) is 5.88 Å². The largest absolute Gasteiger partial charge is 0.462 e. The van der Waals surface area contributed by atoms with Crippen LogP contribution in [-0.2, 0) is 11.8 Å².